The lowest BCUT2D eigenvalue weighted by molar-refractivity contribution is -0.140. The number of hydrogen-bond donors (Lipinski definition) is 3. The van der Waals surface area contributed by atoms with Gasteiger partial charge in [0.25, 0.3) is 5.91 Å². The number of benzene rings is 1. The van der Waals surface area contributed by atoms with Crippen molar-refractivity contribution in [1.29, 1.82) is 0 Å². The topological polar surface area (TPSA) is 182 Å². The normalized spacial score (nSPS) is 25.9. The van der Waals surface area contributed by atoms with Gasteiger partial charge in [-0.1, -0.05) is 44.9 Å². The van der Waals surface area contributed by atoms with E-state index in [2.05, 4.69) is 34.2 Å². The Morgan fingerprint density at radius 1 is 1.08 bits per heavy atom. The van der Waals surface area contributed by atoms with Gasteiger partial charge in [0, 0.05) is 40.9 Å². The lowest BCUT2D eigenvalue weighted by atomic mass is 10.0. The van der Waals surface area contributed by atoms with Crippen molar-refractivity contribution < 1.29 is 32.3 Å². The molecular formula is C44H53N7O7S2. The molecule has 1 saturated heterocycles. The Morgan fingerprint density at radius 2 is 1.90 bits per heavy atom. The van der Waals surface area contributed by atoms with Gasteiger partial charge in [-0.15, -0.1) is 11.3 Å². The van der Waals surface area contributed by atoms with Crippen molar-refractivity contribution in [3.63, 3.8) is 0 Å². The van der Waals surface area contributed by atoms with E-state index in [9.17, 15) is 22.8 Å². The van der Waals surface area contributed by atoms with Crippen molar-refractivity contribution in [2.24, 2.45) is 5.92 Å². The van der Waals surface area contributed by atoms with Gasteiger partial charge in [-0.05, 0) is 82.6 Å². The number of amides is 3. The molecule has 3 aromatic heterocycles. The third-order valence-electron chi connectivity index (χ3n) is 12.5. The van der Waals surface area contributed by atoms with Crippen LogP contribution < -0.4 is 24.8 Å². The Balaban J connectivity index is 1.15. The van der Waals surface area contributed by atoms with Crippen molar-refractivity contribution in [3.05, 3.63) is 71.4 Å². The number of thiazole rings is 1. The summed E-state index contributed by atoms with van der Waals surface area (Å²) >= 11 is 1.50. The number of nitrogens with zero attached hydrogens (tertiary/aromatic N) is 4. The number of fused-ring (bicyclic) bond motifs is 3. The summed E-state index contributed by atoms with van der Waals surface area (Å²) in [5, 5.41) is 9.82. The maximum Gasteiger partial charge on any atom is 0.259 e. The van der Waals surface area contributed by atoms with Gasteiger partial charge in [-0.25, -0.2) is 23.4 Å². The smallest absolute Gasteiger partial charge is 0.259 e. The molecule has 2 aliphatic heterocycles. The zero-order valence-electron chi connectivity index (χ0n) is 34.7. The molecule has 3 N–H and O–H groups in total. The third kappa shape index (κ3) is 8.19. The first-order chi connectivity index (χ1) is 28.7. The number of sulfonamides is 1. The molecule has 3 fully saturated rings. The molecule has 2 aliphatic carbocycles. The number of carbonyl (C=O) groups excluding carboxylic acids is 3. The molecule has 60 heavy (non-hydrogen) atoms. The van der Waals surface area contributed by atoms with Gasteiger partial charge in [0.2, 0.25) is 21.8 Å². The van der Waals surface area contributed by atoms with Crippen molar-refractivity contribution in [2.45, 2.75) is 120 Å². The van der Waals surface area contributed by atoms with Crippen LogP contribution in [0, 0.1) is 12.8 Å². The lowest BCUT2D eigenvalue weighted by Gasteiger charge is -2.30. The van der Waals surface area contributed by atoms with Crippen LogP contribution in [0.2, 0.25) is 0 Å². The van der Waals surface area contributed by atoms with Crippen molar-refractivity contribution in [1.82, 2.24) is 29.9 Å². The number of allylic oxidation sites excluding steroid dienone is 1. The fourth-order valence-electron chi connectivity index (χ4n) is 8.23. The van der Waals surface area contributed by atoms with Gasteiger partial charge in [0.1, 0.15) is 51.7 Å². The van der Waals surface area contributed by atoms with Crippen LogP contribution in [0.5, 0.6) is 11.5 Å². The molecule has 14 nitrogen and oxygen atoms in total. The number of aryl methyl sites for hydroxylation is 1. The maximum atomic E-state index is 14.8. The molecule has 4 aromatic rings. The molecule has 5 atom stereocenters. The molecule has 16 heteroatoms. The second-order valence-corrected chi connectivity index (χ2v) is 20.2. The van der Waals surface area contributed by atoms with Crippen LogP contribution in [0.15, 0.2) is 60.1 Å². The Labute approximate surface area is 355 Å². The molecule has 5 heterocycles. The number of methoxy groups -OCH3 is 1. The van der Waals surface area contributed by atoms with E-state index in [4.69, 9.17) is 19.4 Å². The molecule has 2 saturated carbocycles. The van der Waals surface area contributed by atoms with Gasteiger partial charge in [0.05, 0.1) is 29.6 Å². The lowest BCUT2D eigenvalue weighted by Crippen LogP contribution is -2.58. The first kappa shape index (κ1) is 41.6. The largest absolute Gasteiger partial charge is 0.496 e. The molecule has 4 aliphatic rings. The van der Waals surface area contributed by atoms with Gasteiger partial charge < -0.3 is 25.0 Å². The number of aromatic nitrogens is 3. The molecular weight excluding hydrogens is 803 g/mol. The molecule has 0 spiro atoms. The molecule has 1 aromatic carbocycles. The molecule has 0 unspecified atom stereocenters. The summed E-state index contributed by atoms with van der Waals surface area (Å²) in [4.78, 5) is 59.5. The van der Waals surface area contributed by atoms with Gasteiger partial charge in [-0.3, -0.25) is 19.1 Å². The average Bonchev–Trinajstić information content (AvgIpc) is 4.00. The number of carbonyl (C=O) groups is 3. The maximum absolute atomic E-state index is 14.8. The number of nitrogens with one attached hydrogen (secondary N) is 3. The summed E-state index contributed by atoms with van der Waals surface area (Å²) in [6.07, 6.45) is 9.92. The van der Waals surface area contributed by atoms with Crippen molar-refractivity contribution >= 4 is 55.8 Å². The van der Waals surface area contributed by atoms with E-state index in [-0.39, 0.29) is 31.2 Å². The minimum absolute atomic E-state index is 0.0790. The average molecular weight is 856 g/mol. The summed E-state index contributed by atoms with van der Waals surface area (Å²) in [6.45, 7) is 7.81. The highest BCUT2D eigenvalue weighted by Crippen LogP contribution is 2.48. The SMILES string of the molecule is COc1ccc2c(O[C@@H]3C[C@H]4C(=O)N[C@]5(C(=O)NS(=O)(=O)C6(C)CC6)C[C@@H]5/C=C\CCCCC[C@H](Nc5ccccn5)C(=O)N4C3)cc(-c3nc(C(C)C)cs3)nc2c1C. The highest BCUT2D eigenvalue weighted by atomic mass is 32.2. The number of rotatable bonds is 10. The molecule has 8 rings (SSSR count). The minimum atomic E-state index is -3.98. The predicted molar refractivity (Wildman–Crippen MR) is 230 cm³/mol. The van der Waals surface area contributed by atoms with Crippen molar-refractivity contribution in [3.8, 4) is 22.2 Å². The van der Waals surface area contributed by atoms with E-state index in [0.717, 1.165) is 47.3 Å². The second kappa shape index (κ2) is 16.4. The first-order valence-electron chi connectivity index (χ1n) is 20.9. The monoisotopic (exact) mass is 855 g/mol. The quantitative estimate of drug-likeness (QED) is 0.150. The van der Waals surface area contributed by atoms with Gasteiger partial charge in [0.15, 0.2) is 0 Å². The van der Waals surface area contributed by atoms with E-state index in [1.165, 1.54) is 11.3 Å². The number of ether oxygens (including phenoxy) is 2. The van der Waals surface area contributed by atoms with Crippen LogP contribution in [-0.2, 0) is 24.4 Å². The number of anilines is 1. The summed E-state index contributed by atoms with van der Waals surface area (Å²) in [6, 6.07) is 9.34. The third-order valence-corrected chi connectivity index (χ3v) is 15.5. The summed E-state index contributed by atoms with van der Waals surface area (Å²) in [5.41, 5.74) is 1.61. The van der Waals surface area contributed by atoms with Gasteiger partial charge >= 0.3 is 0 Å². The number of pyridine rings is 2. The van der Waals surface area contributed by atoms with Gasteiger partial charge in [-0.2, -0.15) is 0 Å². The second-order valence-electron chi connectivity index (χ2n) is 17.1. The highest BCUT2D eigenvalue weighted by molar-refractivity contribution is 7.91. The standard InChI is InChI=1S/C44H53N7O7S2/c1-26(2)33-25-59-40(48-33)32-22-36(30-16-17-35(57-5)27(3)38(30)47-32)58-29-21-34-39(52)49-44(42(54)50-60(55,56)43(4)18-19-43)23-28(44)13-9-7-6-8-10-14-31(41(53)51(34)24-29)46-37-15-11-12-20-45-37/h9,11-13,15-17,20,22,25-26,28-29,31,34H,6-8,10,14,18-19,21,23-24H2,1-5H3,(H,45,46)(H,49,52)(H,50,54)/b13-9-/t28-,29+,31-,34-,44+/m0/s1. The van der Waals surface area contributed by atoms with E-state index >= 15 is 0 Å². The predicted octanol–water partition coefficient (Wildman–Crippen LogP) is 6.42. The zero-order chi connectivity index (χ0) is 42.4. The van der Waals surface area contributed by atoms with Crippen LogP contribution in [0.3, 0.4) is 0 Å². The van der Waals surface area contributed by atoms with Crippen LogP contribution in [0.25, 0.3) is 21.6 Å². The molecule has 318 valence electrons. The van der Waals surface area contributed by atoms with E-state index in [1.807, 2.05) is 48.7 Å². The summed E-state index contributed by atoms with van der Waals surface area (Å²) < 4.78 is 40.4. The van der Waals surface area contributed by atoms with E-state index < -0.39 is 56.2 Å². The minimum Gasteiger partial charge on any atom is -0.496 e. The Bertz CT molecular complexity index is 2430. The Morgan fingerprint density at radius 3 is 2.62 bits per heavy atom. The first-order valence-corrected chi connectivity index (χ1v) is 23.2. The molecule has 0 radical (unpaired) electrons. The van der Waals surface area contributed by atoms with Crippen LogP contribution in [-0.4, -0.2) is 88.1 Å². The van der Waals surface area contributed by atoms with E-state index in [1.54, 1.807) is 37.3 Å². The summed E-state index contributed by atoms with van der Waals surface area (Å²) in [7, 11) is -2.37. The zero-order valence-corrected chi connectivity index (χ0v) is 36.3. The fraction of sp³-hybridized carbons (Fsp3) is 0.500. The van der Waals surface area contributed by atoms with Crippen LogP contribution in [0.4, 0.5) is 5.82 Å². The summed E-state index contributed by atoms with van der Waals surface area (Å²) in [5.74, 6) is -0.0454. The number of hydrogen-bond acceptors (Lipinski definition) is 12. The Hall–Kier alpha value is -5.09. The molecule has 3 amide bonds. The molecule has 0 bridgehead atoms. The highest BCUT2D eigenvalue weighted by Gasteiger charge is 2.63. The van der Waals surface area contributed by atoms with Crippen LogP contribution in [0.1, 0.15) is 95.7 Å². The van der Waals surface area contributed by atoms with Crippen molar-refractivity contribution in [2.75, 3.05) is 19.0 Å². The fourth-order valence-corrected chi connectivity index (χ4v) is 10.5. The van der Waals surface area contributed by atoms with Crippen LogP contribution >= 0.6 is 11.3 Å². The Kier molecular flexibility index (Phi) is 11.4. The van der Waals surface area contributed by atoms with E-state index in [0.29, 0.717) is 47.8 Å².